The number of hydrogen-bond acceptors (Lipinski definition) is 3. The molecule has 1 aromatic carbocycles. The molecule has 5 heteroatoms. The summed E-state index contributed by atoms with van der Waals surface area (Å²) in [6.45, 7) is 2.38. The summed E-state index contributed by atoms with van der Waals surface area (Å²) in [5.74, 6) is 0.497. The third-order valence-electron chi connectivity index (χ3n) is 2.23. The minimum atomic E-state index is -2.82. The summed E-state index contributed by atoms with van der Waals surface area (Å²) >= 11 is 2.25. The first kappa shape index (κ1) is 13.8. The second-order valence-electron chi connectivity index (χ2n) is 3.53. The van der Waals surface area contributed by atoms with Crippen LogP contribution in [-0.4, -0.2) is 26.5 Å². The second-order valence-corrected chi connectivity index (χ2v) is 7.25. The van der Waals surface area contributed by atoms with Crippen molar-refractivity contribution in [3.05, 3.63) is 27.8 Å². The zero-order valence-corrected chi connectivity index (χ0v) is 12.2. The molecule has 1 aromatic rings. The van der Waals surface area contributed by atoms with Crippen LogP contribution >= 0.6 is 22.6 Å². The largest absolute Gasteiger partial charge is 0.385 e. The normalized spacial score (nSPS) is 11.4. The molecule has 0 amide bonds. The van der Waals surface area contributed by atoms with E-state index >= 15 is 0 Å². The van der Waals surface area contributed by atoms with Crippen LogP contribution in [0, 0.1) is 3.57 Å². The molecule has 0 aliphatic carbocycles. The maximum absolute atomic E-state index is 11.2. The molecule has 0 atom stereocenters. The molecule has 1 rings (SSSR count). The van der Waals surface area contributed by atoms with Gasteiger partial charge in [0.1, 0.15) is 9.84 Å². The molecular formula is C11H16INO2S. The standard InChI is InChI=1S/C11H16INO2S/c1-2-16(14,15)8-4-7-13-11-6-3-5-10(12)9-11/h3,5-6,9,13H,2,4,7-8H2,1H3. The molecule has 0 saturated heterocycles. The lowest BCUT2D eigenvalue weighted by molar-refractivity contribution is 0.595. The number of halogens is 1. The molecule has 0 spiro atoms. The van der Waals surface area contributed by atoms with Gasteiger partial charge >= 0.3 is 0 Å². The zero-order chi connectivity index (χ0) is 12.0. The van der Waals surface area contributed by atoms with Crippen molar-refractivity contribution in [1.82, 2.24) is 0 Å². The van der Waals surface area contributed by atoms with Crippen LogP contribution in [0.25, 0.3) is 0 Å². The highest BCUT2D eigenvalue weighted by Gasteiger charge is 2.05. The van der Waals surface area contributed by atoms with Crippen molar-refractivity contribution >= 4 is 38.1 Å². The Labute approximate surface area is 111 Å². The highest BCUT2D eigenvalue weighted by Crippen LogP contribution is 2.12. The fraction of sp³-hybridized carbons (Fsp3) is 0.455. The SMILES string of the molecule is CCS(=O)(=O)CCCNc1cccc(I)c1. The van der Waals surface area contributed by atoms with E-state index in [9.17, 15) is 8.42 Å². The molecule has 0 aliphatic heterocycles. The third kappa shape index (κ3) is 5.16. The van der Waals surface area contributed by atoms with Gasteiger partial charge < -0.3 is 5.32 Å². The highest BCUT2D eigenvalue weighted by atomic mass is 127. The van der Waals surface area contributed by atoms with Gasteiger partial charge in [0.2, 0.25) is 0 Å². The van der Waals surface area contributed by atoms with Crippen LogP contribution in [0.2, 0.25) is 0 Å². The average molecular weight is 353 g/mol. The molecule has 0 heterocycles. The van der Waals surface area contributed by atoms with Gasteiger partial charge in [0.15, 0.2) is 0 Å². The second kappa shape index (κ2) is 6.44. The van der Waals surface area contributed by atoms with Crippen molar-refractivity contribution in [2.75, 3.05) is 23.4 Å². The summed E-state index contributed by atoms with van der Waals surface area (Å²) in [5.41, 5.74) is 1.04. The number of benzene rings is 1. The smallest absolute Gasteiger partial charge is 0.150 e. The fourth-order valence-corrected chi connectivity index (χ4v) is 2.68. The first-order valence-corrected chi connectivity index (χ1v) is 8.13. The molecule has 1 N–H and O–H groups in total. The minimum absolute atomic E-state index is 0.232. The van der Waals surface area contributed by atoms with Gasteiger partial charge in [-0.2, -0.15) is 0 Å². The molecule has 0 radical (unpaired) electrons. The van der Waals surface area contributed by atoms with E-state index in [0.717, 1.165) is 5.69 Å². The van der Waals surface area contributed by atoms with E-state index in [1.165, 1.54) is 3.57 Å². The summed E-state index contributed by atoms with van der Waals surface area (Å²) in [7, 11) is -2.82. The predicted octanol–water partition coefficient (Wildman–Crippen LogP) is 2.53. The molecule has 0 aromatic heterocycles. The van der Waals surface area contributed by atoms with Crippen LogP contribution in [0.1, 0.15) is 13.3 Å². The molecular weight excluding hydrogens is 337 g/mol. The van der Waals surface area contributed by atoms with Crippen LogP contribution in [0.4, 0.5) is 5.69 Å². The average Bonchev–Trinajstić information content (AvgIpc) is 2.25. The third-order valence-corrected chi connectivity index (χ3v) is 4.69. The first-order valence-electron chi connectivity index (χ1n) is 5.23. The Bertz CT molecular complexity index is 431. The van der Waals surface area contributed by atoms with Crippen molar-refractivity contribution in [2.24, 2.45) is 0 Å². The van der Waals surface area contributed by atoms with Gasteiger partial charge in [-0.05, 0) is 47.2 Å². The van der Waals surface area contributed by atoms with Gasteiger partial charge in [0, 0.05) is 21.6 Å². The molecule has 90 valence electrons. The molecule has 16 heavy (non-hydrogen) atoms. The Kier molecular flexibility index (Phi) is 5.54. The van der Waals surface area contributed by atoms with E-state index in [0.29, 0.717) is 13.0 Å². The fourth-order valence-electron chi connectivity index (χ4n) is 1.27. The molecule has 0 unspecified atom stereocenters. The topological polar surface area (TPSA) is 46.2 Å². The number of rotatable bonds is 6. The number of sulfone groups is 1. The Morgan fingerprint density at radius 1 is 1.38 bits per heavy atom. The van der Waals surface area contributed by atoms with Crippen molar-refractivity contribution in [2.45, 2.75) is 13.3 Å². The van der Waals surface area contributed by atoms with Gasteiger partial charge in [0.05, 0.1) is 5.75 Å². The van der Waals surface area contributed by atoms with Crippen LogP contribution in [0.5, 0.6) is 0 Å². The summed E-state index contributed by atoms with van der Waals surface area (Å²) in [5, 5.41) is 3.21. The number of anilines is 1. The lowest BCUT2D eigenvalue weighted by atomic mass is 10.3. The van der Waals surface area contributed by atoms with Crippen LogP contribution in [0.15, 0.2) is 24.3 Å². The van der Waals surface area contributed by atoms with Gasteiger partial charge in [-0.1, -0.05) is 13.0 Å². The lowest BCUT2D eigenvalue weighted by Crippen LogP contribution is -2.12. The van der Waals surface area contributed by atoms with Crippen molar-refractivity contribution in [1.29, 1.82) is 0 Å². The highest BCUT2D eigenvalue weighted by molar-refractivity contribution is 14.1. The Hall–Kier alpha value is -0.300. The van der Waals surface area contributed by atoms with Crippen LogP contribution < -0.4 is 5.32 Å². The van der Waals surface area contributed by atoms with E-state index in [1.807, 2.05) is 24.3 Å². The predicted molar refractivity (Wildman–Crippen MR) is 76.6 cm³/mol. The summed E-state index contributed by atoms with van der Waals surface area (Å²) in [6.07, 6.45) is 0.654. The summed E-state index contributed by atoms with van der Waals surface area (Å²) < 4.78 is 23.6. The maximum Gasteiger partial charge on any atom is 0.150 e. The van der Waals surface area contributed by atoms with Gasteiger partial charge in [-0.3, -0.25) is 0 Å². The van der Waals surface area contributed by atoms with Crippen molar-refractivity contribution < 1.29 is 8.42 Å². The number of hydrogen-bond donors (Lipinski definition) is 1. The summed E-state index contributed by atoms with van der Waals surface area (Å²) in [6, 6.07) is 8.02. The van der Waals surface area contributed by atoms with Gasteiger partial charge in [-0.25, -0.2) is 8.42 Å². The molecule has 0 fully saturated rings. The monoisotopic (exact) mass is 353 g/mol. The molecule has 0 aliphatic rings. The first-order chi connectivity index (χ1) is 7.53. The Morgan fingerprint density at radius 2 is 2.12 bits per heavy atom. The molecule has 0 bridgehead atoms. The Morgan fingerprint density at radius 3 is 2.75 bits per heavy atom. The quantitative estimate of drug-likeness (QED) is 0.632. The van der Waals surface area contributed by atoms with E-state index in [-0.39, 0.29) is 11.5 Å². The van der Waals surface area contributed by atoms with Gasteiger partial charge in [0.25, 0.3) is 0 Å². The molecule has 3 nitrogen and oxygen atoms in total. The van der Waals surface area contributed by atoms with Crippen LogP contribution in [0.3, 0.4) is 0 Å². The lowest BCUT2D eigenvalue weighted by Gasteiger charge is -2.06. The van der Waals surface area contributed by atoms with Crippen molar-refractivity contribution in [3.8, 4) is 0 Å². The van der Waals surface area contributed by atoms with Crippen molar-refractivity contribution in [3.63, 3.8) is 0 Å². The maximum atomic E-state index is 11.2. The minimum Gasteiger partial charge on any atom is -0.385 e. The molecule has 0 saturated carbocycles. The van der Waals surface area contributed by atoms with E-state index in [4.69, 9.17) is 0 Å². The number of nitrogens with one attached hydrogen (secondary N) is 1. The van der Waals surface area contributed by atoms with E-state index < -0.39 is 9.84 Å². The van der Waals surface area contributed by atoms with E-state index in [1.54, 1.807) is 6.92 Å². The zero-order valence-electron chi connectivity index (χ0n) is 9.24. The van der Waals surface area contributed by atoms with Crippen LogP contribution in [-0.2, 0) is 9.84 Å². The summed E-state index contributed by atoms with van der Waals surface area (Å²) in [4.78, 5) is 0. The Balaban J connectivity index is 2.32. The van der Waals surface area contributed by atoms with Gasteiger partial charge in [-0.15, -0.1) is 0 Å². The van der Waals surface area contributed by atoms with E-state index in [2.05, 4.69) is 27.9 Å².